The summed E-state index contributed by atoms with van der Waals surface area (Å²) in [4.78, 5) is 47.2. The van der Waals surface area contributed by atoms with E-state index in [-0.39, 0.29) is 25.6 Å². The first-order chi connectivity index (χ1) is 23.9. The van der Waals surface area contributed by atoms with Crippen molar-refractivity contribution in [2.45, 2.75) is 64.8 Å². The van der Waals surface area contributed by atoms with E-state index < -0.39 is 32.3 Å². The van der Waals surface area contributed by atoms with E-state index in [9.17, 15) is 14.5 Å². The molecule has 0 saturated carbocycles. The smallest absolute Gasteiger partial charge is 0.329 e. The Hall–Kier alpha value is -4.62. The molecule has 0 bridgehead atoms. The molecule has 5 aromatic rings. The van der Waals surface area contributed by atoms with E-state index in [2.05, 4.69) is 10.3 Å². The highest BCUT2D eigenvalue weighted by atomic mass is 31.2. The summed E-state index contributed by atoms with van der Waals surface area (Å²) in [5.41, 5.74) is 5.14. The van der Waals surface area contributed by atoms with Gasteiger partial charge in [0.15, 0.2) is 0 Å². The summed E-state index contributed by atoms with van der Waals surface area (Å²) < 4.78 is 11.7. The van der Waals surface area contributed by atoms with Gasteiger partial charge in [0.2, 0.25) is 14.3 Å². The summed E-state index contributed by atoms with van der Waals surface area (Å²) in [5.74, 6) is -0.823. The van der Waals surface area contributed by atoms with Crippen molar-refractivity contribution in [2.24, 2.45) is 10.9 Å². The van der Waals surface area contributed by atoms with Gasteiger partial charge in [0.1, 0.15) is 18.7 Å². The molecule has 9 heteroatoms. The Kier molecular flexibility index (Phi) is 13.3. The van der Waals surface area contributed by atoms with Crippen LogP contribution in [-0.2, 0) is 44.9 Å². The van der Waals surface area contributed by atoms with E-state index in [1.54, 1.807) is 0 Å². The van der Waals surface area contributed by atoms with E-state index in [0.29, 0.717) is 24.7 Å². The molecule has 3 N–H and O–H groups in total. The number of carbonyl (C=O) groups excluding carboxylic acids is 2. The second kappa shape index (κ2) is 18.2. The molecule has 1 amide bonds. The molecule has 1 unspecified atom stereocenters. The van der Waals surface area contributed by atoms with Crippen LogP contribution in [0.1, 0.15) is 48.9 Å². The zero-order valence-corrected chi connectivity index (χ0v) is 28.9. The monoisotopic (exact) mass is 677 g/mol. The molecule has 1 aromatic heterocycles. The third kappa shape index (κ3) is 10.9. The molecule has 49 heavy (non-hydrogen) atoms. The van der Waals surface area contributed by atoms with Crippen LogP contribution in [0, 0.1) is 5.92 Å². The molecule has 0 radical (unpaired) electrons. The lowest BCUT2D eigenvalue weighted by Crippen LogP contribution is -2.47. The van der Waals surface area contributed by atoms with Crippen LogP contribution in [0.15, 0.2) is 126 Å². The van der Waals surface area contributed by atoms with Crippen molar-refractivity contribution in [1.29, 1.82) is 0 Å². The van der Waals surface area contributed by atoms with Crippen LogP contribution in [0.5, 0.6) is 0 Å². The molecule has 3 atom stereocenters. The van der Waals surface area contributed by atoms with Crippen molar-refractivity contribution in [3.8, 4) is 0 Å². The molecule has 0 aliphatic heterocycles. The fraction of sp³-hybridized carbons (Fsp3) is 0.275. The summed E-state index contributed by atoms with van der Waals surface area (Å²) in [7, 11) is -2.09. The number of para-hydroxylation sites is 1. The van der Waals surface area contributed by atoms with Crippen molar-refractivity contribution >= 4 is 36.6 Å². The highest BCUT2D eigenvalue weighted by Crippen LogP contribution is 2.38. The quantitative estimate of drug-likeness (QED) is 0.0526. The third-order valence-corrected chi connectivity index (χ3v) is 9.28. The van der Waals surface area contributed by atoms with Crippen molar-refractivity contribution in [3.63, 3.8) is 0 Å². The van der Waals surface area contributed by atoms with E-state index >= 15 is 0 Å². The zero-order valence-electron chi connectivity index (χ0n) is 28.0. The number of nitrogens with one attached hydrogen (secondary N) is 2. The number of nitrogens with zero attached hydrogens (tertiary/aromatic N) is 1. The Morgan fingerprint density at radius 3 is 2.06 bits per heavy atom. The number of hydrogen-bond donors (Lipinski definition) is 3. The lowest BCUT2D eigenvalue weighted by atomic mass is 10.0. The summed E-state index contributed by atoms with van der Waals surface area (Å²) in [6.07, 6.45) is 3.55. The summed E-state index contributed by atoms with van der Waals surface area (Å²) in [5, 5.41) is 3.96. The Balaban J connectivity index is 1.39. The first-order valence-corrected chi connectivity index (χ1v) is 17.9. The van der Waals surface area contributed by atoms with Crippen molar-refractivity contribution < 1.29 is 23.7 Å². The molecular formula is C40H44N3O5P. The van der Waals surface area contributed by atoms with Gasteiger partial charge in [-0.25, -0.2) is 4.79 Å². The number of ether oxygens (including phenoxy) is 1. The number of hydrogen-bond acceptors (Lipinski definition) is 6. The largest absolute Gasteiger partial charge is 0.459 e. The van der Waals surface area contributed by atoms with Gasteiger partial charge in [0, 0.05) is 23.5 Å². The van der Waals surface area contributed by atoms with Gasteiger partial charge < -0.3 is 24.5 Å². The highest BCUT2D eigenvalue weighted by Gasteiger charge is 2.29. The van der Waals surface area contributed by atoms with Crippen LogP contribution in [0.3, 0.4) is 0 Å². The van der Waals surface area contributed by atoms with Crippen molar-refractivity contribution in [1.82, 2.24) is 10.3 Å². The summed E-state index contributed by atoms with van der Waals surface area (Å²) >= 11 is 0. The molecule has 1 heterocycles. The fourth-order valence-corrected chi connectivity index (χ4v) is 6.51. The normalized spacial score (nSPS) is 13.6. The topological polar surface area (TPSA) is 113 Å². The van der Waals surface area contributed by atoms with Gasteiger partial charge in [-0.05, 0) is 53.5 Å². The minimum absolute atomic E-state index is 0.0880. The maximum absolute atomic E-state index is 14.1. The maximum atomic E-state index is 14.1. The summed E-state index contributed by atoms with van der Waals surface area (Å²) in [6.45, 7) is 4.34. The Labute approximate surface area is 289 Å². The lowest BCUT2D eigenvalue weighted by Gasteiger charge is -2.23. The zero-order chi connectivity index (χ0) is 34.4. The summed E-state index contributed by atoms with van der Waals surface area (Å²) in [6, 6.07) is 35.1. The highest BCUT2D eigenvalue weighted by molar-refractivity contribution is 7.65. The number of carbonyl (C=O) groups is 2. The fourth-order valence-electron chi connectivity index (χ4n) is 5.55. The molecule has 0 fully saturated rings. The Morgan fingerprint density at radius 2 is 1.41 bits per heavy atom. The number of rotatable bonds is 17. The predicted molar refractivity (Wildman–Crippen MR) is 196 cm³/mol. The first-order valence-electron chi connectivity index (χ1n) is 16.7. The minimum Gasteiger partial charge on any atom is -0.459 e. The van der Waals surface area contributed by atoms with Crippen molar-refractivity contribution in [2.75, 3.05) is 0 Å². The first kappa shape index (κ1) is 35.7. The van der Waals surface area contributed by atoms with Crippen LogP contribution in [0.2, 0.25) is 0 Å². The number of aryl methyl sites for hydroxylation is 1. The number of benzene rings is 4. The van der Waals surface area contributed by atoms with Gasteiger partial charge in [-0.3, -0.25) is 9.79 Å². The average molecular weight is 678 g/mol. The molecule has 0 saturated heterocycles. The number of amides is 1. The van der Waals surface area contributed by atoms with Crippen LogP contribution >= 0.6 is 8.38 Å². The predicted octanol–water partition coefficient (Wildman–Crippen LogP) is 7.91. The van der Waals surface area contributed by atoms with Crippen LogP contribution in [-0.4, -0.2) is 39.3 Å². The molecule has 8 nitrogen and oxygen atoms in total. The number of aromatic nitrogens is 1. The standard InChI is InChI=1S/C40H44N3O5P/c1-29(2)24-36(42-38(23-22-30-14-6-3-7-15-30)49(46)48-28-32-18-10-5-11-19-32)39(44)43-37(40(45)47-27-31-16-8-4-9-17-31)25-33-26-41-35-21-13-12-20-34(33)35/h3-21,26,29,36-37,41,46H,22-25,27-28H2,1-2H3,(H,43,44)/t36-,37-,49?/m0/s1. The number of fused-ring (bicyclic) bond motifs is 1. The van der Waals surface area contributed by atoms with Crippen LogP contribution in [0.25, 0.3) is 10.9 Å². The number of aliphatic imine (C=N–C) groups is 1. The Morgan fingerprint density at radius 1 is 0.816 bits per heavy atom. The van der Waals surface area contributed by atoms with Gasteiger partial charge >= 0.3 is 5.97 Å². The SMILES string of the molecule is CC(C)C[C@H](N=C(CCc1ccccc1)P(O)OCc1ccccc1)C(=O)N[C@@H](Cc1c[nH]c2ccccc12)C(=O)OCc1ccccc1. The van der Waals surface area contributed by atoms with Gasteiger partial charge in [-0.15, -0.1) is 0 Å². The second-order valence-corrected chi connectivity index (χ2v) is 13.7. The molecule has 0 spiro atoms. The van der Waals surface area contributed by atoms with Gasteiger partial charge in [0.05, 0.1) is 12.1 Å². The van der Waals surface area contributed by atoms with E-state index in [1.807, 2.05) is 135 Å². The number of esters is 1. The maximum Gasteiger partial charge on any atom is 0.329 e. The third-order valence-electron chi connectivity index (χ3n) is 8.12. The van der Waals surface area contributed by atoms with Gasteiger partial charge in [-0.1, -0.05) is 123 Å². The van der Waals surface area contributed by atoms with E-state index in [1.165, 1.54) is 0 Å². The molecular weight excluding hydrogens is 633 g/mol. The molecule has 0 aliphatic rings. The minimum atomic E-state index is -2.09. The number of aromatic amines is 1. The van der Waals surface area contributed by atoms with Gasteiger partial charge in [-0.2, -0.15) is 0 Å². The molecule has 5 rings (SSSR count). The molecule has 4 aromatic carbocycles. The average Bonchev–Trinajstić information content (AvgIpc) is 3.54. The molecule has 0 aliphatic carbocycles. The van der Waals surface area contributed by atoms with E-state index in [4.69, 9.17) is 14.3 Å². The second-order valence-electron chi connectivity index (χ2n) is 12.4. The van der Waals surface area contributed by atoms with E-state index in [0.717, 1.165) is 33.2 Å². The van der Waals surface area contributed by atoms with Gasteiger partial charge in [0.25, 0.3) is 0 Å². The molecule has 254 valence electrons. The van der Waals surface area contributed by atoms with Crippen LogP contribution in [0.4, 0.5) is 0 Å². The number of H-pyrrole nitrogens is 1. The van der Waals surface area contributed by atoms with Crippen LogP contribution < -0.4 is 5.32 Å². The van der Waals surface area contributed by atoms with Crippen molar-refractivity contribution in [3.05, 3.63) is 144 Å². The lowest BCUT2D eigenvalue weighted by molar-refractivity contribution is -0.149. The Bertz CT molecular complexity index is 1790.